The molecular formula is C19H17FN2O3S. The number of rotatable bonds is 7. The predicted molar refractivity (Wildman–Crippen MR) is 98.6 cm³/mol. The second-order valence-electron chi connectivity index (χ2n) is 5.63. The zero-order valence-electron chi connectivity index (χ0n) is 14.1. The van der Waals surface area contributed by atoms with Crippen LogP contribution in [0, 0.1) is 5.82 Å². The van der Waals surface area contributed by atoms with Gasteiger partial charge in [-0.1, -0.05) is 24.3 Å². The summed E-state index contributed by atoms with van der Waals surface area (Å²) in [5.74, 6) is -0.0664. The maximum Gasteiger partial charge on any atom is 0.326 e. The molecule has 3 aromatic rings. The van der Waals surface area contributed by atoms with E-state index in [0.717, 1.165) is 22.9 Å². The molecule has 3 rings (SSSR count). The van der Waals surface area contributed by atoms with Crippen molar-refractivity contribution in [1.29, 1.82) is 0 Å². The lowest BCUT2D eigenvalue weighted by atomic mass is 10.1. The summed E-state index contributed by atoms with van der Waals surface area (Å²) < 4.78 is 20.1. The highest BCUT2D eigenvalue weighted by Crippen LogP contribution is 2.19. The molecule has 0 atom stereocenters. The van der Waals surface area contributed by atoms with E-state index in [2.05, 4.69) is 4.98 Å². The summed E-state index contributed by atoms with van der Waals surface area (Å²) in [5, 5.41) is 0. The zero-order chi connectivity index (χ0) is 18.5. The minimum Gasteiger partial charge on any atom is -0.456 e. The fourth-order valence-corrected chi connectivity index (χ4v) is 3.09. The molecule has 0 spiro atoms. The molecule has 0 unspecified atom stereocenters. The van der Waals surface area contributed by atoms with Crippen LogP contribution < -0.4 is 0 Å². The number of imidazole rings is 1. The molecule has 0 bridgehead atoms. The first kappa shape index (κ1) is 18.1. The summed E-state index contributed by atoms with van der Waals surface area (Å²) in [4.78, 5) is 28.8. The Bertz CT molecular complexity index is 955. The normalized spacial score (nSPS) is 10.8. The summed E-state index contributed by atoms with van der Waals surface area (Å²) in [6.45, 7) is -0.459. The van der Waals surface area contributed by atoms with Gasteiger partial charge in [0.2, 0.25) is 0 Å². The van der Waals surface area contributed by atoms with Crippen LogP contribution in [0.15, 0.2) is 48.5 Å². The number of ketones is 1. The van der Waals surface area contributed by atoms with Crippen LogP contribution in [0.4, 0.5) is 4.39 Å². The number of para-hydroxylation sites is 2. The van der Waals surface area contributed by atoms with Crippen molar-refractivity contribution in [1.82, 2.24) is 9.55 Å². The molecule has 0 radical (unpaired) electrons. The van der Waals surface area contributed by atoms with E-state index in [1.807, 2.05) is 30.5 Å². The van der Waals surface area contributed by atoms with Crippen molar-refractivity contribution < 1.29 is 18.7 Å². The summed E-state index contributed by atoms with van der Waals surface area (Å²) in [7, 11) is 0. The van der Waals surface area contributed by atoms with Gasteiger partial charge in [-0.3, -0.25) is 9.59 Å². The van der Waals surface area contributed by atoms with Gasteiger partial charge in [0, 0.05) is 5.56 Å². The van der Waals surface area contributed by atoms with Crippen molar-refractivity contribution in [3.8, 4) is 0 Å². The maximum absolute atomic E-state index is 13.2. The van der Waals surface area contributed by atoms with Gasteiger partial charge in [0.05, 0.1) is 16.8 Å². The van der Waals surface area contributed by atoms with Crippen LogP contribution in [0.3, 0.4) is 0 Å². The number of fused-ring (bicyclic) bond motifs is 1. The van der Waals surface area contributed by atoms with Gasteiger partial charge in [-0.15, -0.1) is 0 Å². The Morgan fingerprint density at radius 2 is 2.00 bits per heavy atom. The Labute approximate surface area is 154 Å². The Balaban J connectivity index is 1.69. The lowest BCUT2D eigenvalue weighted by Crippen LogP contribution is -2.19. The van der Waals surface area contributed by atoms with E-state index >= 15 is 0 Å². The topological polar surface area (TPSA) is 61.2 Å². The number of carbonyl (C=O) groups excluding carboxylic acids is 2. The molecule has 2 aromatic carbocycles. The highest BCUT2D eigenvalue weighted by atomic mass is 32.2. The fraction of sp³-hybridized carbons (Fsp3) is 0.211. The molecule has 0 N–H and O–H groups in total. The minimum absolute atomic E-state index is 0.0349. The average Bonchev–Trinajstić information content (AvgIpc) is 2.97. The van der Waals surface area contributed by atoms with Gasteiger partial charge in [-0.05, 0) is 30.5 Å². The van der Waals surface area contributed by atoms with Crippen LogP contribution in [0.1, 0.15) is 16.2 Å². The number of hydrogen-bond donors (Lipinski definition) is 0. The van der Waals surface area contributed by atoms with E-state index in [0.29, 0.717) is 5.75 Å². The fourth-order valence-electron chi connectivity index (χ4n) is 2.61. The Morgan fingerprint density at radius 3 is 2.77 bits per heavy atom. The number of nitrogens with zero attached hydrogens (tertiary/aromatic N) is 2. The summed E-state index contributed by atoms with van der Waals surface area (Å²) in [6.07, 6.45) is 1.96. The molecular weight excluding hydrogens is 355 g/mol. The molecule has 0 saturated carbocycles. The van der Waals surface area contributed by atoms with Gasteiger partial charge in [0.15, 0.2) is 12.4 Å². The van der Waals surface area contributed by atoms with Crippen molar-refractivity contribution in [3.63, 3.8) is 0 Å². The Morgan fingerprint density at radius 1 is 1.19 bits per heavy atom. The highest BCUT2D eigenvalue weighted by Gasteiger charge is 2.15. The molecule has 0 aliphatic heterocycles. The molecule has 0 aliphatic carbocycles. The quantitative estimate of drug-likeness (QED) is 0.469. The number of Topliss-reactive ketones (excluding diaryl/α,β-unsaturated/α-hetero) is 1. The van der Waals surface area contributed by atoms with Crippen LogP contribution >= 0.6 is 11.8 Å². The highest BCUT2D eigenvalue weighted by molar-refractivity contribution is 7.97. The zero-order valence-corrected chi connectivity index (χ0v) is 15.0. The largest absolute Gasteiger partial charge is 0.456 e. The van der Waals surface area contributed by atoms with Gasteiger partial charge in [0.25, 0.3) is 0 Å². The number of aromatic nitrogens is 2. The van der Waals surface area contributed by atoms with E-state index in [4.69, 9.17) is 4.74 Å². The first-order chi connectivity index (χ1) is 12.6. The third-order valence-electron chi connectivity index (χ3n) is 3.81. The van der Waals surface area contributed by atoms with Crippen LogP contribution in [0.25, 0.3) is 11.0 Å². The van der Waals surface area contributed by atoms with Gasteiger partial charge in [-0.25, -0.2) is 9.37 Å². The second kappa shape index (κ2) is 8.14. The van der Waals surface area contributed by atoms with Crippen LogP contribution in [0.5, 0.6) is 0 Å². The van der Waals surface area contributed by atoms with Crippen LogP contribution in [-0.2, 0) is 21.8 Å². The number of halogens is 1. The van der Waals surface area contributed by atoms with Crippen LogP contribution in [-0.4, -0.2) is 34.2 Å². The summed E-state index contributed by atoms with van der Waals surface area (Å²) in [5.41, 5.74) is 1.82. The third-order valence-corrected chi connectivity index (χ3v) is 4.35. The lowest BCUT2D eigenvalue weighted by molar-refractivity contribution is -0.143. The monoisotopic (exact) mass is 372 g/mol. The minimum atomic E-state index is -0.541. The molecule has 7 heteroatoms. The van der Waals surface area contributed by atoms with Crippen molar-refractivity contribution in [3.05, 3.63) is 65.7 Å². The maximum atomic E-state index is 13.2. The van der Waals surface area contributed by atoms with E-state index in [1.54, 1.807) is 16.3 Å². The van der Waals surface area contributed by atoms with E-state index in [9.17, 15) is 14.0 Å². The first-order valence-electron chi connectivity index (χ1n) is 7.96. The van der Waals surface area contributed by atoms with Crippen molar-refractivity contribution in [2.75, 3.05) is 12.9 Å². The van der Waals surface area contributed by atoms with E-state index in [1.165, 1.54) is 18.2 Å². The van der Waals surface area contributed by atoms with E-state index in [-0.39, 0.29) is 12.1 Å². The van der Waals surface area contributed by atoms with Gasteiger partial charge < -0.3 is 9.30 Å². The molecule has 5 nitrogen and oxygen atoms in total. The van der Waals surface area contributed by atoms with Gasteiger partial charge >= 0.3 is 5.97 Å². The first-order valence-corrected chi connectivity index (χ1v) is 9.35. The summed E-state index contributed by atoms with van der Waals surface area (Å²) >= 11 is 1.60. The molecule has 0 amide bonds. The summed E-state index contributed by atoms with van der Waals surface area (Å²) in [6, 6.07) is 12.8. The predicted octanol–water partition coefficient (Wildman–Crippen LogP) is 3.46. The van der Waals surface area contributed by atoms with E-state index < -0.39 is 24.2 Å². The SMILES string of the molecule is CSCc1nc2ccccc2n1CC(=O)OCC(=O)c1cccc(F)c1. The number of thioether (sulfide) groups is 1. The second-order valence-corrected chi connectivity index (χ2v) is 6.50. The molecule has 26 heavy (non-hydrogen) atoms. The van der Waals surface area contributed by atoms with Crippen molar-refractivity contribution in [2.24, 2.45) is 0 Å². The standard InChI is InChI=1S/C19H17FN2O3S/c1-26-12-18-21-15-7-2-3-8-16(15)22(18)10-19(24)25-11-17(23)13-5-4-6-14(20)9-13/h2-9H,10-12H2,1H3. The average molecular weight is 372 g/mol. The van der Waals surface area contributed by atoms with Gasteiger partial charge in [0.1, 0.15) is 18.2 Å². The van der Waals surface area contributed by atoms with Crippen LogP contribution in [0.2, 0.25) is 0 Å². The lowest BCUT2D eigenvalue weighted by Gasteiger charge is -2.09. The number of benzene rings is 2. The van der Waals surface area contributed by atoms with Crippen molar-refractivity contribution >= 4 is 34.5 Å². The number of esters is 1. The Kier molecular flexibility index (Phi) is 5.68. The molecule has 0 saturated heterocycles. The number of ether oxygens (including phenoxy) is 1. The molecule has 1 aromatic heterocycles. The molecule has 0 fully saturated rings. The Hall–Kier alpha value is -2.67. The van der Waals surface area contributed by atoms with Gasteiger partial charge in [-0.2, -0.15) is 11.8 Å². The molecule has 0 aliphatic rings. The number of hydrogen-bond acceptors (Lipinski definition) is 5. The molecule has 134 valence electrons. The molecule has 1 heterocycles. The third kappa shape index (κ3) is 4.11. The number of carbonyl (C=O) groups is 2. The van der Waals surface area contributed by atoms with Crippen molar-refractivity contribution in [2.45, 2.75) is 12.3 Å². The smallest absolute Gasteiger partial charge is 0.326 e.